The molecule has 1 aromatic carbocycles. The number of anilines is 1. The van der Waals surface area contributed by atoms with E-state index in [1.807, 2.05) is 0 Å². The fourth-order valence-corrected chi connectivity index (χ4v) is 2.53. The molecule has 0 fully saturated rings. The smallest absolute Gasteiger partial charge is 0.338 e. The third kappa shape index (κ3) is 3.57. The molecule has 1 aromatic rings. The molecule has 0 spiro atoms. The largest absolute Gasteiger partial charge is 0.454 e. The van der Waals surface area contributed by atoms with Crippen LogP contribution in [-0.2, 0) is 14.3 Å². The molecule has 1 aliphatic heterocycles. The van der Waals surface area contributed by atoms with Gasteiger partial charge in [-0.1, -0.05) is 0 Å². The predicted molar refractivity (Wildman–Crippen MR) is 71.4 cm³/mol. The maximum Gasteiger partial charge on any atom is 0.338 e. The molecule has 1 amide bonds. The minimum Gasteiger partial charge on any atom is -0.454 e. The third-order valence-electron chi connectivity index (χ3n) is 2.48. The van der Waals surface area contributed by atoms with Crippen LogP contribution < -0.4 is 5.32 Å². The van der Waals surface area contributed by atoms with Crippen molar-refractivity contribution < 1.29 is 19.1 Å². The van der Waals surface area contributed by atoms with Gasteiger partial charge in [0.25, 0.3) is 0 Å². The Morgan fingerprint density at radius 1 is 1.42 bits per heavy atom. The summed E-state index contributed by atoms with van der Waals surface area (Å²) >= 11 is 1.56. The van der Waals surface area contributed by atoms with E-state index >= 15 is 0 Å². The van der Waals surface area contributed by atoms with Crippen LogP contribution in [0.1, 0.15) is 23.7 Å². The van der Waals surface area contributed by atoms with Crippen molar-refractivity contribution in [1.82, 2.24) is 0 Å². The van der Waals surface area contributed by atoms with Gasteiger partial charge in [-0.3, -0.25) is 9.59 Å². The van der Waals surface area contributed by atoms with Gasteiger partial charge < -0.3 is 10.1 Å². The lowest BCUT2D eigenvalue weighted by Crippen LogP contribution is -2.13. The minimum absolute atomic E-state index is 0.0690. The van der Waals surface area contributed by atoms with E-state index in [0.29, 0.717) is 23.4 Å². The van der Waals surface area contributed by atoms with Gasteiger partial charge in [-0.05, 0) is 25.1 Å². The Labute approximate surface area is 114 Å². The van der Waals surface area contributed by atoms with E-state index in [4.69, 9.17) is 4.74 Å². The van der Waals surface area contributed by atoms with Crippen LogP contribution in [0.5, 0.6) is 0 Å². The van der Waals surface area contributed by atoms with Crippen molar-refractivity contribution in [2.75, 3.05) is 17.7 Å². The van der Waals surface area contributed by atoms with Gasteiger partial charge in [0.2, 0.25) is 5.91 Å². The zero-order valence-electron chi connectivity index (χ0n) is 10.4. The summed E-state index contributed by atoms with van der Waals surface area (Å²) in [5, 5.41) is 2.75. The fourth-order valence-electron chi connectivity index (χ4n) is 1.60. The maximum atomic E-state index is 11.7. The molecule has 6 heteroatoms. The summed E-state index contributed by atoms with van der Waals surface area (Å²) in [5.74, 6) is -0.138. The summed E-state index contributed by atoms with van der Waals surface area (Å²) in [4.78, 5) is 34.9. The number of benzene rings is 1. The number of amides is 1. The number of hydrogen-bond donors (Lipinski definition) is 1. The summed E-state index contributed by atoms with van der Waals surface area (Å²) in [6, 6.07) is 4.98. The number of thioether (sulfide) groups is 1. The molecule has 0 aliphatic carbocycles. The molecule has 0 atom stereocenters. The summed E-state index contributed by atoms with van der Waals surface area (Å²) in [7, 11) is 0. The Balaban J connectivity index is 2.17. The maximum absolute atomic E-state index is 11.7. The second kappa shape index (κ2) is 5.88. The van der Waals surface area contributed by atoms with Gasteiger partial charge in [0.1, 0.15) is 6.61 Å². The number of carbonyl (C=O) groups excluding carboxylic acids is 3. The molecule has 19 heavy (non-hydrogen) atoms. The second-order valence-corrected chi connectivity index (χ2v) is 5.27. The standard InChI is InChI=1S/C13H13NO4S/c1-8(15)7-18-13(17)9-2-3-11-10(6-9)14-12(16)4-5-19-11/h2-3,6H,4-5,7H2,1H3,(H,14,16). The van der Waals surface area contributed by atoms with Gasteiger partial charge in [-0.2, -0.15) is 0 Å². The summed E-state index contributed by atoms with van der Waals surface area (Å²) < 4.78 is 4.83. The molecule has 1 N–H and O–H groups in total. The Kier molecular flexibility index (Phi) is 4.21. The highest BCUT2D eigenvalue weighted by Gasteiger charge is 2.16. The van der Waals surface area contributed by atoms with Crippen LogP contribution in [-0.4, -0.2) is 30.0 Å². The van der Waals surface area contributed by atoms with Gasteiger partial charge in [-0.15, -0.1) is 11.8 Å². The zero-order chi connectivity index (χ0) is 13.8. The molecule has 0 saturated carbocycles. The number of hydrogen-bond acceptors (Lipinski definition) is 5. The van der Waals surface area contributed by atoms with Crippen molar-refractivity contribution in [3.05, 3.63) is 23.8 Å². The lowest BCUT2D eigenvalue weighted by atomic mass is 10.2. The van der Waals surface area contributed by atoms with Crippen molar-refractivity contribution in [2.45, 2.75) is 18.2 Å². The Morgan fingerprint density at radius 2 is 2.21 bits per heavy atom. The van der Waals surface area contributed by atoms with Crippen LogP contribution in [0, 0.1) is 0 Å². The van der Waals surface area contributed by atoms with Gasteiger partial charge >= 0.3 is 5.97 Å². The Morgan fingerprint density at radius 3 is 2.95 bits per heavy atom. The predicted octanol–water partition coefficient (Wildman–Crippen LogP) is 1.87. The van der Waals surface area contributed by atoms with E-state index in [9.17, 15) is 14.4 Å². The first-order valence-electron chi connectivity index (χ1n) is 5.79. The van der Waals surface area contributed by atoms with Crippen LogP contribution >= 0.6 is 11.8 Å². The molecule has 5 nitrogen and oxygen atoms in total. The SMILES string of the molecule is CC(=O)COC(=O)c1ccc2c(c1)NC(=O)CCS2. The first-order chi connectivity index (χ1) is 9.06. The van der Waals surface area contributed by atoms with Crippen molar-refractivity contribution >= 4 is 35.1 Å². The monoisotopic (exact) mass is 279 g/mol. The zero-order valence-corrected chi connectivity index (χ0v) is 11.2. The quantitative estimate of drug-likeness (QED) is 0.855. The lowest BCUT2D eigenvalue weighted by Gasteiger charge is -2.08. The Hall–Kier alpha value is -1.82. The van der Waals surface area contributed by atoms with E-state index in [0.717, 1.165) is 4.90 Å². The van der Waals surface area contributed by atoms with E-state index in [-0.39, 0.29) is 18.3 Å². The van der Waals surface area contributed by atoms with Gasteiger partial charge in [-0.25, -0.2) is 4.79 Å². The number of fused-ring (bicyclic) bond motifs is 1. The van der Waals surface area contributed by atoms with Crippen molar-refractivity contribution in [3.8, 4) is 0 Å². The minimum atomic E-state index is -0.568. The molecular weight excluding hydrogens is 266 g/mol. The van der Waals surface area contributed by atoms with Crippen LogP contribution in [0.2, 0.25) is 0 Å². The van der Waals surface area contributed by atoms with Gasteiger partial charge in [0, 0.05) is 17.1 Å². The number of ketones is 1. The highest BCUT2D eigenvalue weighted by molar-refractivity contribution is 7.99. The molecule has 0 bridgehead atoms. The van der Waals surface area contributed by atoms with E-state index < -0.39 is 5.97 Å². The van der Waals surface area contributed by atoms with E-state index in [1.54, 1.807) is 30.0 Å². The summed E-state index contributed by atoms with van der Waals surface area (Å²) in [6.07, 6.45) is 0.448. The lowest BCUT2D eigenvalue weighted by molar-refractivity contribution is -0.120. The normalized spacial score (nSPS) is 14.1. The van der Waals surface area contributed by atoms with Gasteiger partial charge in [0.05, 0.1) is 11.3 Å². The molecule has 1 heterocycles. The average Bonchev–Trinajstić information content (AvgIpc) is 2.55. The third-order valence-corrected chi connectivity index (χ3v) is 3.56. The van der Waals surface area contributed by atoms with Crippen LogP contribution in [0.4, 0.5) is 5.69 Å². The molecule has 0 unspecified atom stereocenters. The number of nitrogens with one attached hydrogen (secondary N) is 1. The molecule has 0 saturated heterocycles. The Bertz CT molecular complexity index is 541. The summed E-state index contributed by atoms with van der Waals surface area (Å²) in [5.41, 5.74) is 0.938. The van der Waals surface area contributed by atoms with E-state index in [2.05, 4.69) is 5.32 Å². The molecule has 1 aliphatic rings. The topological polar surface area (TPSA) is 72.5 Å². The average molecular weight is 279 g/mol. The molecular formula is C13H13NO4S. The molecule has 0 radical (unpaired) electrons. The number of rotatable bonds is 3. The number of esters is 1. The van der Waals surface area contributed by atoms with Crippen molar-refractivity contribution in [2.24, 2.45) is 0 Å². The second-order valence-electron chi connectivity index (χ2n) is 4.14. The van der Waals surface area contributed by atoms with Crippen LogP contribution in [0.3, 0.4) is 0 Å². The highest BCUT2D eigenvalue weighted by atomic mass is 32.2. The van der Waals surface area contributed by atoms with Crippen molar-refractivity contribution in [3.63, 3.8) is 0 Å². The molecule has 100 valence electrons. The summed E-state index contributed by atoms with van der Waals surface area (Å²) in [6.45, 7) is 1.11. The first kappa shape index (κ1) is 13.6. The van der Waals surface area contributed by atoms with Crippen molar-refractivity contribution in [1.29, 1.82) is 0 Å². The highest BCUT2D eigenvalue weighted by Crippen LogP contribution is 2.31. The van der Waals surface area contributed by atoms with E-state index in [1.165, 1.54) is 6.92 Å². The van der Waals surface area contributed by atoms with Gasteiger partial charge in [0.15, 0.2) is 5.78 Å². The van der Waals surface area contributed by atoms with Crippen LogP contribution in [0.25, 0.3) is 0 Å². The van der Waals surface area contributed by atoms with Crippen LogP contribution in [0.15, 0.2) is 23.1 Å². The fraction of sp³-hybridized carbons (Fsp3) is 0.308. The number of Topliss-reactive ketones (excluding diaryl/α,β-unsaturated/α-hetero) is 1. The first-order valence-corrected chi connectivity index (χ1v) is 6.78. The molecule has 2 rings (SSSR count). The number of ether oxygens (including phenoxy) is 1. The number of carbonyl (C=O) groups is 3. The molecule has 0 aromatic heterocycles.